The molecule has 1 aromatic rings. The van der Waals surface area contributed by atoms with Crippen molar-refractivity contribution >= 4 is 11.7 Å². The summed E-state index contributed by atoms with van der Waals surface area (Å²) in [4.78, 5) is 21.2. The summed E-state index contributed by atoms with van der Waals surface area (Å²) in [7, 11) is 0. The highest BCUT2D eigenvalue weighted by atomic mass is 16.1. The van der Waals surface area contributed by atoms with Gasteiger partial charge in [0.05, 0.1) is 13.1 Å². The Morgan fingerprint density at radius 2 is 2.24 bits per heavy atom. The average molecular weight is 238 g/mol. The first-order valence-corrected chi connectivity index (χ1v) is 5.37. The molecule has 0 saturated heterocycles. The molecule has 0 fully saturated rings. The van der Waals surface area contributed by atoms with E-state index in [4.69, 9.17) is 11.6 Å². The van der Waals surface area contributed by atoms with Crippen LogP contribution in [0.4, 0.5) is 5.82 Å². The van der Waals surface area contributed by atoms with Crippen LogP contribution >= 0.6 is 0 Å². The molecule has 17 heavy (non-hydrogen) atoms. The first kappa shape index (κ1) is 13.3. The minimum atomic E-state index is -0.364. The summed E-state index contributed by atoms with van der Waals surface area (Å²) in [5, 5.41) is 0. The summed E-state index contributed by atoms with van der Waals surface area (Å²) >= 11 is 0. The molecule has 0 atom stereocenters. The fraction of sp³-hybridized carbons (Fsp3) is 0.500. The zero-order chi connectivity index (χ0) is 12.8. The van der Waals surface area contributed by atoms with E-state index < -0.39 is 0 Å². The van der Waals surface area contributed by atoms with Gasteiger partial charge in [0.1, 0.15) is 11.6 Å². The van der Waals surface area contributed by atoms with Crippen molar-refractivity contribution in [3.63, 3.8) is 0 Å². The molecule has 5 N–H and O–H groups in total. The van der Waals surface area contributed by atoms with E-state index in [2.05, 4.69) is 15.4 Å². The predicted molar refractivity (Wildman–Crippen MR) is 64.7 cm³/mol. The highest BCUT2D eigenvalue weighted by Gasteiger charge is 2.09. The van der Waals surface area contributed by atoms with Crippen molar-refractivity contribution in [2.45, 2.75) is 20.4 Å². The molecule has 0 aromatic carbocycles. The molecule has 0 aliphatic heterocycles. The molecule has 1 amide bonds. The lowest BCUT2D eigenvalue weighted by atomic mass is 10.4. The second-order valence-corrected chi connectivity index (χ2v) is 3.72. The van der Waals surface area contributed by atoms with Crippen LogP contribution in [0.5, 0.6) is 0 Å². The Morgan fingerprint density at radius 1 is 1.53 bits per heavy atom. The molecular weight excluding hydrogens is 220 g/mol. The molecular formula is C10H18N6O. The summed E-state index contributed by atoms with van der Waals surface area (Å²) in [6, 6.07) is 1.74. The van der Waals surface area contributed by atoms with Gasteiger partial charge < -0.3 is 11.2 Å². The Morgan fingerprint density at radius 3 is 2.76 bits per heavy atom. The number of anilines is 1. The molecule has 7 nitrogen and oxygen atoms in total. The number of nitrogen functional groups attached to an aromatic ring is 1. The number of likely N-dealkylation sites (N-methyl/N-ethyl adjacent to an activating group) is 1. The maximum absolute atomic E-state index is 10.9. The van der Waals surface area contributed by atoms with E-state index >= 15 is 0 Å². The van der Waals surface area contributed by atoms with Crippen LogP contribution in [0.1, 0.15) is 18.4 Å². The topological polar surface area (TPSA) is 110 Å². The van der Waals surface area contributed by atoms with Crippen LogP contribution in [0, 0.1) is 6.92 Å². The van der Waals surface area contributed by atoms with Crippen molar-refractivity contribution in [3.8, 4) is 0 Å². The van der Waals surface area contributed by atoms with Gasteiger partial charge in [0.15, 0.2) is 0 Å². The second kappa shape index (κ2) is 6.12. The smallest absolute Gasteiger partial charge is 0.231 e. The number of rotatable bonds is 6. The number of carbonyl (C=O) groups is 1. The second-order valence-electron chi connectivity index (χ2n) is 3.72. The van der Waals surface area contributed by atoms with Gasteiger partial charge in [-0.1, -0.05) is 6.92 Å². The molecule has 0 spiro atoms. The lowest BCUT2D eigenvalue weighted by Crippen LogP contribution is -2.33. The van der Waals surface area contributed by atoms with Crippen molar-refractivity contribution in [1.82, 2.24) is 14.9 Å². The number of nitrogens with one attached hydrogen (secondary N) is 1. The van der Waals surface area contributed by atoms with Crippen molar-refractivity contribution in [2.75, 3.05) is 18.5 Å². The lowest BCUT2D eigenvalue weighted by Gasteiger charge is -2.17. The third-order valence-corrected chi connectivity index (χ3v) is 2.24. The van der Waals surface area contributed by atoms with Crippen LogP contribution in [0.25, 0.3) is 0 Å². The number of hydrazine groups is 1. The monoisotopic (exact) mass is 238 g/mol. The van der Waals surface area contributed by atoms with Gasteiger partial charge in [-0.15, -0.1) is 0 Å². The zero-order valence-corrected chi connectivity index (χ0v) is 10.1. The maximum Gasteiger partial charge on any atom is 0.231 e. The largest absolute Gasteiger partial charge is 0.369 e. The first-order valence-electron chi connectivity index (χ1n) is 5.37. The third-order valence-electron chi connectivity index (χ3n) is 2.24. The van der Waals surface area contributed by atoms with Gasteiger partial charge in [0, 0.05) is 11.8 Å². The Kier molecular flexibility index (Phi) is 4.80. The Hall–Kier alpha value is -1.73. The number of hydrogen-bond donors (Lipinski definition) is 3. The molecule has 0 unspecified atom stereocenters. The molecule has 0 radical (unpaired) electrons. The van der Waals surface area contributed by atoms with Gasteiger partial charge >= 0.3 is 0 Å². The van der Waals surface area contributed by atoms with Crippen molar-refractivity contribution in [2.24, 2.45) is 11.6 Å². The van der Waals surface area contributed by atoms with Gasteiger partial charge in [-0.05, 0) is 13.5 Å². The number of hydrogen-bond acceptors (Lipinski definition) is 6. The van der Waals surface area contributed by atoms with Crippen molar-refractivity contribution in [1.29, 1.82) is 0 Å². The Labute approximate surface area is 100 Å². The lowest BCUT2D eigenvalue weighted by molar-refractivity contribution is -0.119. The number of nitrogens with zero attached hydrogens (tertiary/aromatic N) is 3. The SMILES string of the molecule is CCN(CC(N)=O)Cc1nc(C)cc(NN)n1. The van der Waals surface area contributed by atoms with E-state index in [1.807, 2.05) is 18.7 Å². The van der Waals surface area contributed by atoms with Crippen LogP contribution in [0.2, 0.25) is 0 Å². The van der Waals surface area contributed by atoms with Crippen LogP contribution in [0.15, 0.2) is 6.07 Å². The molecule has 0 bridgehead atoms. The van der Waals surface area contributed by atoms with Gasteiger partial charge in [-0.2, -0.15) is 0 Å². The fourth-order valence-electron chi connectivity index (χ4n) is 1.47. The maximum atomic E-state index is 10.9. The molecule has 1 heterocycles. The van der Waals surface area contributed by atoms with E-state index in [1.54, 1.807) is 6.07 Å². The first-order chi connectivity index (χ1) is 8.05. The van der Waals surface area contributed by atoms with E-state index in [0.717, 1.165) is 5.69 Å². The predicted octanol–water partition coefficient (Wildman–Crippen LogP) is -0.622. The summed E-state index contributed by atoms with van der Waals surface area (Å²) in [6.07, 6.45) is 0. The molecule has 1 aromatic heterocycles. The molecule has 94 valence electrons. The number of primary amides is 1. The minimum Gasteiger partial charge on any atom is -0.369 e. The highest BCUT2D eigenvalue weighted by molar-refractivity contribution is 5.75. The van der Waals surface area contributed by atoms with Crippen molar-refractivity contribution in [3.05, 3.63) is 17.6 Å². The average Bonchev–Trinajstić information content (AvgIpc) is 2.26. The van der Waals surface area contributed by atoms with E-state index in [1.165, 1.54) is 0 Å². The molecule has 0 saturated carbocycles. The van der Waals surface area contributed by atoms with Crippen LogP contribution < -0.4 is 17.0 Å². The Balaban J connectivity index is 2.78. The standard InChI is InChI=1S/C10H18N6O/c1-3-16(5-8(11)17)6-10-13-7(2)4-9(14-10)15-12/h4H,3,5-6,12H2,1-2H3,(H2,11,17)(H,13,14,15). The quantitative estimate of drug-likeness (QED) is 0.450. The van der Waals surface area contributed by atoms with Gasteiger partial charge in [0.25, 0.3) is 0 Å². The normalized spacial score (nSPS) is 10.6. The number of nitrogens with two attached hydrogens (primary N) is 2. The third kappa shape index (κ3) is 4.33. The van der Waals surface area contributed by atoms with Gasteiger partial charge in [-0.25, -0.2) is 15.8 Å². The van der Waals surface area contributed by atoms with E-state index in [-0.39, 0.29) is 12.5 Å². The van der Waals surface area contributed by atoms with Crippen molar-refractivity contribution < 1.29 is 4.79 Å². The minimum absolute atomic E-state index is 0.194. The molecule has 7 heteroatoms. The van der Waals surface area contributed by atoms with Crippen LogP contribution in [-0.2, 0) is 11.3 Å². The highest BCUT2D eigenvalue weighted by Crippen LogP contribution is 2.06. The molecule has 1 rings (SSSR count). The summed E-state index contributed by atoms with van der Waals surface area (Å²) in [6.45, 7) is 5.16. The van der Waals surface area contributed by atoms with E-state index in [9.17, 15) is 4.79 Å². The fourth-order valence-corrected chi connectivity index (χ4v) is 1.47. The zero-order valence-electron chi connectivity index (χ0n) is 10.1. The summed E-state index contributed by atoms with van der Waals surface area (Å²) in [5.41, 5.74) is 8.45. The number of amides is 1. The van der Waals surface area contributed by atoms with E-state index in [0.29, 0.717) is 24.7 Å². The van der Waals surface area contributed by atoms with Crippen LogP contribution in [0.3, 0.4) is 0 Å². The molecule has 0 aliphatic carbocycles. The van der Waals surface area contributed by atoms with Gasteiger partial charge in [-0.3, -0.25) is 9.69 Å². The molecule has 0 aliphatic rings. The summed E-state index contributed by atoms with van der Waals surface area (Å²) < 4.78 is 0. The van der Waals surface area contributed by atoms with Gasteiger partial charge in [0.2, 0.25) is 5.91 Å². The number of aryl methyl sites for hydroxylation is 1. The van der Waals surface area contributed by atoms with Crippen LogP contribution in [-0.4, -0.2) is 33.9 Å². The summed E-state index contributed by atoms with van der Waals surface area (Å²) in [5.74, 6) is 6.11. The number of carbonyl (C=O) groups excluding carboxylic acids is 1. The number of aromatic nitrogens is 2. The Bertz CT molecular complexity index is 394.